The zero-order chi connectivity index (χ0) is 17.1. The number of benzene rings is 2. The van der Waals surface area contributed by atoms with Gasteiger partial charge in [-0.05, 0) is 60.1 Å². The average molecular weight is 330 g/mol. The fraction of sp³-hybridized carbons (Fsp3) is 0.348. The smallest absolute Gasteiger partial charge is 0.0399 e. The van der Waals surface area contributed by atoms with Crippen LogP contribution >= 0.6 is 0 Å². The topological polar surface area (TPSA) is 16.1 Å². The van der Waals surface area contributed by atoms with Gasteiger partial charge in [0.1, 0.15) is 0 Å². The van der Waals surface area contributed by atoms with Gasteiger partial charge in [0, 0.05) is 30.7 Å². The number of hydrogen-bond acceptors (Lipinski definition) is 2. The summed E-state index contributed by atoms with van der Waals surface area (Å²) in [5.74, 6) is 0.733. The number of aromatic nitrogens is 1. The van der Waals surface area contributed by atoms with Gasteiger partial charge >= 0.3 is 0 Å². The van der Waals surface area contributed by atoms with Crippen molar-refractivity contribution in [1.82, 2.24) is 4.98 Å². The zero-order valence-electron chi connectivity index (χ0n) is 14.9. The van der Waals surface area contributed by atoms with E-state index in [1.54, 1.807) is 0 Å². The Kier molecular flexibility index (Phi) is 4.69. The molecule has 4 rings (SSSR count). The molecule has 128 valence electrons. The second-order valence-electron chi connectivity index (χ2n) is 7.26. The monoisotopic (exact) mass is 330 g/mol. The number of nitrogens with zero attached hydrogens (tertiary/aromatic N) is 2. The lowest BCUT2D eigenvalue weighted by Crippen LogP contribution is -2.44. The third kappa shape index (κ3) is 3.39. The van der Waals surface area contributed by atoms with Crippen LogP contribution in [0, 0.1) is 5.92 Å². The van der Waals surface area contributed by atoms with Crippen LogP contribution in [-0.2, 0) is 6.42 Å². The van der Waals surface area contributed by atoms with E-state index in [-0.39, 0.29) is 0 Å². The molecule has 2 nitrogen and oxygen atoms in total. The molecule has 0 N–H and O–H groups in total. The van der Waals surface area contributed by atoms with Crippen molar-refractivity contribution >= 4 is 16.5 Å². The summed E-state index contributed by atoms with van der Waals surface area (Å²) in [7, 11) is 0. The van der Waals surface area contributed by atoms with Gasteiger partial charge in [-0.25, -0.2) is 0 Å². The quantitative estimate of drug-likeness (QED) is 0.630. The van der Waals surface area contributed by atoms with E-state index in [1.165, 1.54) is 41.3 Å². The van der Waals surface area contributed by atoms with Crippen LogP contribution in [0.4, 0.5) is 5.69 Å². The van der Waals surface area contributed by atoms with Crippen molar-refractivity contribution in [3.05, 3.63) is 72.6 Å². The van der Waals surface area contributed by atoms with E-state index >= 15 is 0 Å². The summed E-state index contributed by atoms with van der Waals surface area (Å²) in [5, 5.41) is 2.76. The molecule has 0 radical (unpaired) electrons. The number of aryl methyl sites for hydroxylation is 1. The molecule has 2 heteroatoms. The molecule has 2 atom stereocenters. The van der Waals surface area contributed by atoms with Crippen molar-refractivity contribution in [3.8, 4) is 0 Å². The molecule has 3 aromatic rings. The lowest BCUT2D eigenvalue weighted by atomic mass is 9.86. The van der Waals surface area contributed by atoms with Crippen molar-refractivity contribution in [2.75, 3.05) is 11.4 Å². The molecule has 2 unspecified atom stereocenters. The van der Waals surface area contributed by atoms with E-state index in [2.05, 4.69) is 71.4 Å². The van der Waals surface area contributed by atoms with Crippen molar-refractivity contribution < 1.29 is 0 Å². The maximum absolute atomic E-state index is 4.19. The average Bonchev–Trinajstić information content (AvgIpc) is 2.67. The molecule has 0 spiro atoms. The second kappa shape index (κ2) is 7.26. The van der Waals surface area contributed by atoms with Gasteiger partial charge in [-0.3, -0.25) is 4.98 Å². The van der Waals surface area contributed by atoms with Crippen LogP contribution < -0.4 is 4.90 Å². The van der Waals surface area contributed by atoms with Crippen LogP contribution in [0.2, 0.25) is 0 Å². The minimum atomic E-state index is 0.607. The van der Waals surface area contributed by atoms with Gasteiger partial charge < -0.3 is 4.90 Å². The highest BCUT2D eigenvalue weighted by Crippen LogP contribution is 2.31. The summed E-state index contributed by atoms with van der Waals surface area (Å²) in [6.07, 6.45) is 8.79. The highest BCUT2D eigenvalue weighted by atomic mass is 15.2. The molecule has 0 bridgehead atoms. The Morgan fingerprint density at radius 3 is 2.68 bits per heavy atom. The predicted molar refractivity (Wildman–Crippen MR) is 106 cm³/mol. The number of piperidine rings is 1. The number of hydrogen-bond donors (Lipinski definition) is 0. The van der Waals surface area contributed by atoms with Gasteiger partial charge in [0.2, 0.25) is 0 Å². The molecule has 1 aromatic heterocycles. The summed E-state index contributed by atoms with van der Waals surface area (Å²) >= 11 is 0. The van der Waals surface area contributed by atoms with Gasteiger partial charge in [0.15, 0.2) is 0 Å². The fourth-order valence-electron chi connectivity index (χ4n) is 4.36. The molecule has 1 aliphatic rings. The van der Waals surface area contributed by atoms with E-state index in [0.29, 0.717) is 6.04 Å². The van der Waals surface area contributed by atoms with E-state index in [0.717, 1.165) is 18.9 Å². The molecule has 0 saturated carbocycles. The van der Waals surface area contributed by atoms with Crippen molar-refractivity contribution in [2.24, 2.45) is 5.92 Å². The van der Waals surface area contributed by atoms with E-state index in [9.17, 15) is 0 Å². The first-order chi connectivity index (χ1) is 12.3. The Labute approximate surface area is 150 Å². The highest BCUT2D eigenvalue weighted by molar-refractivity contribution is 5.85. The van der Waals surface area contributed by atoms with Gasteiger partial charge in [-0.2, -0.15) is 0 Å². The minimum Gasteiger partial charge on any atom is -0.368 e. The predicted octanol–water partition coefficient (Wildman–Crippen LogP) is 5.47. The fourth-order valence-corrected chi connectivity index (χ4v) is 4.36. The minimum absolute atomic E-state index is 0.607. The molecule has 1 fully saturated rings. The van der Waals surface area contributed by atoms with Crippen LogP contribution in [0.1, 0.15) is 31.7 Å². The van der Waals surface area contributed by atoms with Crippen LogP contribution in [-0.4, -0.2) is 17.6 Å². The van der Waals surface area contributed by atoms with Crippen LogP contribution in [0.25, 0.3) is 10.8 Å². The van der Waals surface area contributed by atoms with Gasteiger partial charge in [-0.15, -0.1) is 0 Å². The largest absolute Gasteiger partial charge is 0.368 e. The molecule has 2 heterocycles. The van der Waals surface area contributed by atoms with E-state index in [4.69, 9.17) is 0 Å². The van der Waals surface area contributed by atoms with Gasteiger partial charge in [0.25, 0.3) is 0 Å². The summed E-state index contributed by atoms with van der Waals surface area (Å²) in [4.78, 5) is 6.80. The number of fused-ring (bicyclic) bond motifs is 1. The maximum atomic E-state index is 4.19. The lowest BCUT2D eigenvalue weighted by Gasteiger charge is -2.42. The summed E-state index contributed by atoms with van der Waals surface area (Å²) < 4.78 is 0. The molecule has 25 heavy (non-hydrogen) atoms. The first-order valence-corrected chi connectivity index (χ1v) is 9.46. The third-order valence-corrected chi connectivity index (χ3v) is 5.70. The highest BCUT2D eigenvalue weighted by Gasteiger charge is 2.28. The summed E-state index contributed by atoms with van der Waals surface area (Å²) in [5.41, 5.74) is 2.80. The normalized spacial score (nSPS) is 20.8. The molecule has 1 saturated heterocycles. The van der Waals surface area contributed by atoms with Crippen molar-refractivity contribution in [1.29, 1.82) is 0 Å². The standard InChI is InChI=1S/C23H26N2/c1-18-6-5-17-25(21-13-15-24-16-14-21)23(18)12-11-20-9-4-8-19-7-2-3-10-22(19)20/h2-4,7-10,13-16,18,23H,5-6,11-12,17H2,1H3. The molecule has 0 amide bonds. The zero-order valence-corrected chi connectivity index (χ0v) is 14.9. The SMILES string of the molecule is CC1CCCN(c2ccncc2)C1CCc1cccc2ccccc12. The second-order valence-corrected chi connectivity index (χ2v) is 7.26. The third-order valence-electron chi connectivity index (χ3n) is 5.70. The lowest BCUT2D eigenvalue weighted by molar-refractivity contribution is 0.330. The van der Waals surface area contributed by atoms with Gasteiger partial charge in [-0.1, -0.05) is 49.4 Å². The first-order valence-electron chi connectivity index (χ1n) is 9.46. The van der Waals surface area contributed by atoms with Crippen LogP contribution in [0.3, 0.4) is 0 Å². The number of rotatable bonds is 4. The summed E-state index contributed by atoms with van der Waals surface area (Å²) in [6.45, 7) is 3.58. The first kappa shape index (κ1) is 16.1. The Balaban J connectivity index is 1.57. The molecule has 0 aliphatic carbocycles. The van der Waals surface area contributed by atoms with Crippen LogP contribution in [0.5, 0.6) is 0 Å². The summed E-state index contributed by atoms with van der Waals surface area (Å²) in [6, 6.07) is 20.4. The Morgan fingerprint density at radius 1 is 1.00 bits per heavy atom. The van der Waals surface area contributed by atoms with Crippen molar-refractivity contribution in [3.63, 3.8) is 0 Å². The van der Waals surface area contributed by atoms with E-state index < -0.39 is 0 Å². The number of anilines is 1. The Morgan fingerprint density at radius 2 is 1.80 bits per heavy atom. The Bertz CT molecular complexity index is 822. The molecular formula is C23H26N2. The van der Waals surface area contributed by atoms with Gasteiger partial charge in [0.05, 0.1) is 0 Å². The Hall–Kier alpha value is -2.35. The molecule has 1 aliphatic heterocycles. The number of pyridine rings is 1. The molecule has 2 aromatic carbocycles. The van der Waals surface area contributed by atoms with E-state index in [1.807, 2.05) is 12.4 Å². The molecular weight excluding hydrogens is 304 g/mol. The van der Waals surface area contributed by atoms with Crippen molar-refractivity contribution in [2.45, 2.75) is 38.6 Å². The maximum Gasteiger partial charge on any atom is 0.0399 e. The van der Waals surface area contributed by atoms with Crippen LogP contribution in [0.15, 0.2) is 67.0 Å².